The van der Waals surface area contributed by atoms with Gasteiger partial charge in [0.1, 0.15) is 0 Å². The summed E-state index contributed by atoms with van der Waals surface area (Å²) in [6, 6.07) is 16.7. The van der Waals surface area contributed by atoms with E-state index in [9.17, 15) is 19.5 Å². The number of carbonyl (C=O) groups excluding carboxylic acids is 2. The van der Waals surface area contributed by atoms with Crippen LogP contribution >= 0.6 is 0 Å². The quantitative estimate of drug-likeness (QED) is 0.464. The van der Waals surface area contributed by atoms with E-state index in [1.54, 1.807) is 12.1 Å². The number of hydrogen-bond acceptors (Lipinski definition) is 5. The second-order valence-electron chi connectivity index (χ2n) is 5.61. The summed E-state index contributed by atoms with van der Waals surface area (Å²) in [4.78, 5) is 39.2. The van der Waals surface area contributed by atoms with Crippen molar-refractivity contribution in [2.45, 2.75) is 6.42 Å². The van der Waals surface area contributed by atoms with Gasteiger partial charge >= 0.3 is 11.7 Å². The summed E-state index contributed by atoms with van der Waals surface area (Å²) in [5, 5.41) is 9.39. The van der Waals surface area contributed by atoms with E-state index in [4.69, 9.17) is 4.74 Å². The van der Waals surface area contributed by atoms with E-state index in [-0.39, 0.29) is 17.9 Å². The van der Waals surface area contributed by atoms with Gasteiger partial charge in [0.2, 0.25) is 5.88 Å². The topological polar surface area (TPSA) is 112 Å². The van der Waals surface area contributed by atoms with Crippen molar-refractivity contribution < 1.29 is 19.4 Å². The number of aromatic nitrogens is 2. The van der Waals surface area contributed by atoms with Gasteiger partial charge in [-0.15, -0.1) is 0 Å². The van der Waals surface area contributed by atoms with Crippen LogP contribution in [0.4, 0.5) is 0 Å². The Balaban J connectivity index is 1.57. The fourth-order valence-corrected chi connectivity index (χ4v) is 2.44. The molecule has 7 heteroatoms. The molecule has 3 aromatic rings. The Morgan fingerprint density at radius 1 is 0.923 bits per heavy atom. The molecule has 3 rings (SSSR count). The van der Waals surface area contributed by atoms with Crippen molar-refractivity contribution in [1.29, 1.82) is 0 Å². The van der Waals surface area contributed by atoms with Crippen molar-refractivity contribution in [1.82, 2.24) is 9.97 Å². The second kappa shape index (κ2) is 7.52. The number of benzene rings is 2. The number of aromatic amines is 2. The fraction of sp³-hybridized carbons (Fsp3) is 0.105. The first-order valence-corrected chi connectivity index (χ1v) is 7.87. The van der Waals surface area contributed by atoms with E-state index in [1.165, 1.54) is 0 Å². The standard InChI is InChI=1S/C19H16N2O5/c22-16(11-26-17(23)10-15-18(24)21-19(25)20-15)14-8-6-13(7-9-14)12-4-2-1-3-5-12/h1-9,24H,10-11H2,(H2,20,21,25). The molecule has 0 saturated heterocycles. The van der Waals surface area contributed by atoms with Gasteiger partial charge in [-0.3, -0.25) is 14.6 Å². The zero-order valence-corrected chi connectivity index (χ0v) is 13.7. The summed E-state index contributed by atoms with van der Waals surface area (Å²) in [5.74, 6) is -1.50. The van der Waals surface area contributed by atoms with Crippen molar-refractivity contribution in [3.05, 3.63) is 76.3 Å². The number of hydrogen-bond donors (Lipinski definition) is 3. The highest BCUT2D eigenvalue weighted by Crippen LogP contribution is 2.19. The number of nitrogens with one attached hydrogen (secondary N) is 2. The maximum atomic E-state index is 12.1. The molecule has 7 nitrogen and oxygen atoms in total. The first kappa shape index (κ1) is 17.2. The third-order valence-corrected chi connectivity index (χ3v) is 3.78. The van der Waals surface area contributed by atoms with Crippen LogP contribution in [0.25, 0.3) is 11.1 Å². The van der Waals surface area contributed by atoms with Gasteiger partial charge in [-0.25, -0.2) is 4.79 Å². The molecule has 0 atom stereocenters. The molecule has 132 valence electrons. The lowest BCUT2D eigenvalue weighted by Crippen LogP contribution is -2.16. The number of ketones is 1. The van der Waals surface area contributed by atoms with E-state index in [0.29, 0.717) is 5.56 Å². The summed E-state index contributed by atoms with van der Waals surface area (Å²) >= 11 is 0. The number of ether oxygens (including phenoxy) is 1. The Morgan fingerprint density at radius 2 is 1.58 bits per heavy atom. The zero-order chi connectivity index (χ0) is 18.5. The maximum Gasteiger partial charge on any atom is 0.325 e. The highest BCUT2D eigenvalue weighted by atomic mass is 16.5. The van der Waals surface area contributed by atoms with Crippen LogP contribution in [-0.2, 0) is 16.0 Å². The van der Waals surface area contributed by atoms with Gasteiger partial charge < -0.3 is 14.8 Å². The zero-order valence-electron chi connectivity index (χ0n) is 13.7. The van der Waals surface area contributed by atoms with Gasteiger partial charge in [-0.1, -0.05) is 54.6 Å². The molecule has 0 radical (unpaired) electrons. The molecule has 0 fully saturated rings. The minimum atomic E-state index is -0.732. The van der Waals surface area contributed by atoms with Crippen molar-refractivity contribution in [2.24, 2.45) is 0 Å². The van der Waals surface area contributed by atoms with Gasteiger partial charge in [0, 0.05) is 5.56 Å². The molecule has 2 aromatic carbocycles. The fourth-order valence-electron chi connectivity index (χ4n) is 2.44. The molecule has 0 amide bonds. The molecule has 0 aliphatic rings. The number of rotatable bonds is 6. The van der Waals surface area contributed by atoms with Crippen LogP contribution in [-0.4, -0.2) is 33.4 Å². The molecule has 0 unspecified atom stereocenters. The van der Waals surface area contributed by atoms with E-state index in [1.807, 2.05) is 42.5 Å². The maximum absolute atomic E-state index is 12.1. The lowest BCUT2D eigenvalue weighted by molar-refractivity contribution is -0.141. The lowest BCUT2D eigenvalue weighted by atomic mass is 10.0. The normalized spacial score (nSPS) is 10.5. The number of esters is 1. The summed E-state index contributed by atoms with van der Waals surface area (Å²) in [6.45, 7) is -0.418. The van der Waals surface area contributed by atoms with Gasteiger partial charge in [-0.2, -0.15) is 0 Å². The largest absolute Gasteiger partial charge is 0.493 e. The van der Waals surface area contributed by atoms with Crippen LogP contribution in [0.5, 0.6) is 5.88 Å². The molecule has 26 heavy (non-hydrogen) atoms. The number of imidazole rings is 1. The highest BCUT2D eigenvalue weighted by molar-refractivity contribution is 5.98. The molecule has 3 N–H and O–H groups in total. The van der Waals surface area contributed by atoms with Gasteiger partial charge in [0.15, 0.2) is 12.4 Å². The van der Waals surface area contributed by atoms with Crippen LogP contribution < -0.4 is 5.69 Å². The van der Waals surface area contributed by atoms with Crippen LogP contribution in [0.3, 0.4) is 0 Å². The van der Waals surface area contributed by atoms with Crippen molar-refractivity contribution in [2.75, 3.05) is 6.61 Å². The van der Waals surface area contributed by atoms with Crippen LogP contribution in [0.2, 0.25) is 0 Å². The number of carbonyl (C=O) groups is 2. The van der Waals surface area contributed by atoms with Crippen molar-refractivity contribution in [3.8, 4) is 17.0 Å². The Labute approximate surface area is 148 Å². The lowest BCUT2D eigenvalue weighted by Gasteiger charge is -2.05. The molecule has 0 aliphatic carbocycles. The Bertz CT molecular complexity index is 971. The molecule has 1 heterocycles. The Kier molecular flexibility index (Phi) is 4.98. The van der Waals surface area contributed by atoms with Crippen LogP contribution in [0, 0.1) is 0 Å². The second-order valence-corrected chi connectivity index (χ2v) is 5.61. The van der Waals surface area contributed by atoms with Crippen molar-refractivity contribution >= 4 is 11.8 Å². The first-order valence-electron chi connectivity index (χ1n) is 7.87. The molecular weight excluding hydrogens is 336 g/mol. The summed E-state index contributed by atoms with van der Waals surface area (Å²) in [7, 11) is 0. The molecule has 0 aliphatic heterocycles. The van der Waals surface area contributed by atoms with Gasteiger partial charge in [-0.05, 0) is 11.1 Å². The van der Waals surface area contributed by atoms with Crippen molar-refractivity contribution in [3.63, 3.8) is 0 Å². The van der Waals surface area contributed by atoms with Gasteiger partial charge in [0.25, 0.3) is 0 Å². The minimum Gasteiger partial charge on any atom is -0.493 e. The van der Waals surface area contributed by atoms with E-state index >= 15 is 0 Å². The average Bonchev–Trinajstić information content (AvgIpc) is 2.97. The molecular formula is C19H16N2O5. The smallest absolute Gasteiger partial charge is 0.325 e. The predicted molar refractivity (Wildman–Crippen MR) is 93.9 cm³/mol. The van der Waals surface area contributed by atoms with E-state index in [0.717, 1.165) is 11.1 Å². The monoisotopic (exact) mass is 352 g/mol. The number of H-pyrrole nitrogens is 2. The molecule has 0 spiro atoms. The van der Waals surface area contributed by atoms with Crippen LogP contribution in [0.1, 0.15) is 16.1 Å². The minimum absolute atomic E-state index is 0.0136. The van der Waals surface area contributed by atoms with Gasteiger partial charge in [0.05, 0.1) is 12.1 Å². The average molecular weight is 352 g/mol. The predicted octanol–water partition coefficient (Wildman–Crippen LogP) is 2.04. The SMILES string of the molecule is O=C(Cc1[nH]c(=O)[nH]c1O)OCC(=O)c1ccc(-c2ccccc2)cc1. The highest BCUT2D eigenvalue weighted by Gasteiger charge is 2.14. The summed E-state index contributed by atoms with van der Waals surface area (Å²) in [5.41, 5.74) is 1.83. The van der Waals surface area contributed by atoms with E-state index < -0.39 is 24.1 Å². The summed E-state index contributed by atoms with van der Waals surface area (Å²) in [6.07, 6.45) is -0.342. The Hall–Kier alpha value is -3.61. The third kappa shape index (κ3) is 4.07. The summed E-state index contributed by atoms with van der Waals surface area (Å²) < 4.78 is 4.91. The first-order chi connectivity index (χ1) is 12.5. The molecule has 0 saturated carbocycles. The van der Waals surface area contributed by atoms with Crippen LogP contribution in [0.15, 0.2) is 59.4 Å². The molecule has 1 aromatic heterocycles. The number of Topliss-reactive ketones (excluding diaryl/α,β-unsaturated/α-hetero) is 1. The number of aromatic hydroxyl groups is 1. The Morgan fingerprint density at radius 3 is 2.19 bits per heavy atom. The third-order valence-electron chi connectivity index (χ3n) is 3.78. The van der Waals surface area contributed by atoms with E-state index in [2.05, 4.69) is 9.97 Å². The molecule has 0 bridgehead atoms.